The highest BCUT2D eigenvalue weighted by atomic mass is 32.3. The summed E-state index contributed by atoms with van der Waals surface area (Å²) in [6, 6.07) is 29.7. The summed E-state index contributed by atoms with van der Waals surface area (Å²) in [5.74, 6) is 0. The molecule has 0 atom stereocenters. The largest absolute Gasteiger partial charge is 0.263 e. The van der Waals surface area contributed by atoms with Crippen molar-refractivity contribution in [2.24, 2.45) is 5.14 Å². The second-order valence-corrected chi connectivity index (χ2v) is 14.5. The van der Waals surface area contributed by atoms with Crippen molar-refractivity contribution in [3.8, 4) is 32.3 Å². The molecule has 0 unspecified atom stereocenters. The van der Waals surface area contributed by atoms with Crippen LogP contribution in [0.2, 0.25) is 0 Å². The zero-order chi connectivity index (χ0) is 25.4. The molecule has 0 radical (unpaired) electrons. The normalized spacial score (nSPS) is 12.7. The van der Waals surface area contributed by atoms with E-state index in [-0.39, 0.29) is 0 Å². The summed E-state index contributed by atoms with van der Waals surface area (Å²) in [6.45, 7) is 2.08. The molecule has 0 aliphatic carbocycles. The molecule has 2 aromatic heterocycles. The van der Waals surface area contributed by atoms with Crippen LogP contribution in [0.15, 0.2) is 112 Å². The van der Waals surface area contributed by atoms with E-state index in [1.165, 1.54) is 4.90 Å². The quantitative estimate of drug-likeness (QED) is 0.234. The third-order valence-corrected chi connectivity index (χ3v) is 10.7. The molecular formula is C29H27N3OS3. The van der Waals surface area contributed by atoms with E-state index in [2.05, 4.69) is 60.6 Å². The summed E-state index contributed by atoms with van der Waals surface area (Å²) in [5.41, 5.74) is 5.05. The van der Waals surface area contributed by atoms with Crippen molar-refractivity contribution in [2.75, 3.05) is 12.5 Å². The second-order valence-electron chi connectivity index (χ2n) is 8.90. The number of nitrogens with zero attached hydrogens (tertiary/aromatic N) is 2. The smallest absolute Gasteiger partial charge is 0.124 e. The number of aryl methyl sites for hydroxylation is 1. The number of nitrogens with two attached hydrogens (primary N) is 1. The van der Waals surface area contributed by atoms with Crippen molar-refractivity contribution < 1.29 is 4.21 Å². The van der Waals surface area contributed by atoms with Gasteiger partial charge in [-0.1, -0.05) is 54.1 Å². The molecule has 182 valence electrons. The Labute approximate surface area is 220 Å². The van der Waals surface area contributed by atoms with E-state index in [4.69, 9.17) is 10.1 Å². The van der Waals surface area contributed by atoms with Crippen molar-refractivity contribution in [2.45, 2.75) is 21.7 Å². The van der Waals surface area contributed by atoms with Crippen LogP contribution in [-0.2, 0) is 9.25 Å². The molecule has 0 aliphatic heterocycles. The molecule has 0 fully saturated rings. The van der Waals surface area contributed by atoms with Crippen LogP contribution in [0.25, 0.3) is 32.3 Å². The van der Waals surface area contributed by atoms with Crippen LogP contribution in [-0.4, -0.2) is 26.7 Å². The maximum atomic E-state index is 14.2. The van der Waals surface area contributed by atoms with Gasteiger partial charge in [-0.15, -0.1) is 23.1 Å². The van der Waals surface area contributed by atoms with Gasteiger partial charge in [-0.2, -0.15) is 0 Å². The molecule has 36 heavy (non-hydrogen) atoms. The number of thioether (sulfide) groups is 1. The minimum atomic E-state index is -3.87. The summed E-state index contributed by atoms with van der Waals surface area (Å²) < 4.78 is 14.2. The van der Waals surface area contributed by atoms with Gasteiger partial charge < -0.3 is 0 Å². The van der Waals surface area contributed by atoms with Gasteiger partial charge >= 0.3 is 0 Å². The summed E-state index contributed by atoms with van der Waals surface area (Å²) in [4.78, 5) is 12.3. The van der Waals surface area contributed by atoms with Crippen molar-refractivity contribution in [3.63, 3.8) is 0 Å². The van der Waals surface area contributed by atoms with Gasteiger partial charge in [0.15, 0.2) is 0 Å². The van der Waals surface area contributed by atoms with Gasteiger partial charge in [0, 0.05) is 42.6 Å². The third-order valence-electron chi connectivity index (χ3n) is 6.10. The molecule has 5 aromatic rings. The highest BCUT2D eigenvalue weighted by Crippen LogP contribution is 2.43. The molecule has 3 aromatic carbocycles. The lowest BCUT2D eigenvalue weighted by molar-refractivity contribution is 0.656. The maximum absolute atomic E-state index is 14.2. The van der Waals surface area contributed by atoms with E-state index in [9.17, 15) is 4.21 Å². The Morgan fingerprint density at radius 3 is 2.31 bits per heavy atom. The fourth-order valence-electron chi connectivity index (χ4n) is 4.07. The van der Waals surface area contributed by atoms with Crippen LogP contribution in [0, 0.1) is 6.92 Å². The lowest BCUT2D eigenvalue weighted by Gasteiger charge is -2.33. The summed E-state index contributed by atoms with van der Waals surface area (Å²) in [7, 11) is -3.87. The zero-order valence-electron chi connectivity index (χ0n) is 20.3. The fraction of sp³-hybridized carbons (Fsp3) is 0.103. The van der Waals surface area contributed by atoms with Crippen LogP contribution in [0.4, 0.5) is 0 Å². The monoisotopic (exact) mass is 529 g/mol. The number of pyridine rings is 1. The van der Waals surface area contributed by atoms with Gasteiger partial charge in [-0.25, -0.2) is 9.97 Å². The van der Waals surface area contributed by atoms with Crippen molar-refractivity contribution in [1.82, 2.24) is 9.97 Å². The number of rotatable bonds is 6. The molecule has 7 heteroatoms. The van der Waals surface area contributed by atoms with Crippen LogP contribution in [0.1, 0.15) is 5.56 Å². The topological polar surface area (TPSA) is 68.9 Å². The molecular weight excluding hydrogens is 503 g/mol. The molecule has 2 N–H and O–H groups in total. The summed E-state index contributed by atoms with van der Waals surface area (Å²) in [5, 5.41) is 7.91. The van der Waals surface area contributed by atoms with E-state index >= 15 is 0 Å². The Morgan fingerprint density at radius 1 is 0.861 bits per heavy atom. The molecule has 2 heterocycles. The highest BCUT2D eigenvalue weighted by Gasteiger charge is 2.33. The van der Waals surface area contributed by atoms with Gasteiger partial charge in [0.05, 0.1) is 10.6 Å². The lowest BCUT2D eigenvalue weighted by Crippen LogP contribution is -2.42. The van der Waals surface area contributed by atoms with E-state index in [1.807, 2.05) is 36.4 Å². The number of benzene rings is 3. The SMILES string of the molecule is CSc1ccc(-c2nc(-c3cccc(C)c3)c(-c3ccnc(S(C)(N)(=O)c4ccccc4)c3)s2)cc1. The molecule has 5 rings (SSSR count). The standard InChI is InChI=1S/C29H27N3OS3/c1-20-8-7-9-22(18-20)27-28(35-29(32-27)21-12-14-24(34-2)15-13-21)23-16-17-31-26(19-23)36(3,30,33)25-10-5-4-6-11-25/h4-19H,1-3H3,(H2,30,33). The Kier molecular flexibility index (Phi) is 6.43. The Bertz CT molecular complexity index is 1600. The number of hydrogen-bond acceptors (Lipinski definition) is 5. The number of hydrogen-bond donors (Lipinski definition) is 1. The molecule has 0 saturated heterocycles. The lowest BCUT2D eigenvalue weighted by atomic mass is 10.1. The van der Waals surface area contributed by atoms with Gasteiger partial charge in [0.2, 0.25) is 0 Å². The Balaban J connectivity index is 1.68. The molecule has 0 aliphatic rings. The summed E-state index contributed by atoms with van der Waals surface area (Å²) >= 11 is 3.33. The predicted octanol–water partition coefficient (Wildman–Crippen LogP) is 7.31. The first-order chi connectivity index (χ1) is 17.2. The minimum Gasteiger partial charge on any atom is -0.263 e. The highest BCUT2D eigenvalue weighted by molar-refractivity contribution is 8.17. The predicted molar refractivity (Wildman–Crippen MR) is 154 cm³/mol. The first-order valence-electron chi connectivity index (χ1n) is 11.4. The molecule has 0 spiro atoms. The molecule has 4 nitrogen and oxygen atoms in total. The van der Waals surface area contributed by atoms with E-state index < -0.39 is 9.25 Å². The first-order valence-corrected chi connectivity index (χ1v) is 15.9. The molecule has 0 amide bonds. The zero-order valence-corrected chi connectivity index (χ0v) is 22.8. The van der Waals surface area contributed by atoms with Crippen molar-refractivity contribution in [3.05, 3.63) is 103 Å². The van der Waals surface area contributed by atoms with E-state index in [1.54, 1.807) is 47.7 Å². The Morgan fingerprint density at radius 2 is 1.61 bits per heavy atom. The molecule has 0 saturated carbocycles. The average Bonchev–Trinajstić information content (AvgIpc) is 3.35. The number of aromatic nitrogens is 2. The summed E-state index contributed by atoms with van der Waals surface area (Å²) in [6.07, 6.45) is 5.34. The van der Waals surface area contributed by atoms with Gasteiger partial charge in [0.25, 0.3) is 0 Å². The maximum Gasteiger partial charge on any atom is 0.124 e. The van der Waals surface area contributed by atoms with Gasteiger partial charge in [-0.05, 0) is 61.2 Å². The molecule has 0 bridgehead atoms. The van der Waals surface area contributed by atoms with Crippen LogP contribution < -0.4 is 5.14 Å². The van der Waals surface area contributed by atoms with Crippen LogP contribution in [0.3, 0.4) is 0 Å². The minimum absolute atomic E-state index is 0.366. The fourth-order valence-corrected chi connectivity index (χ4v) is 7.38. The van der Waals surface area contributed by atoms with E-state index in [0.29, 0.717) is 9.92 Å². The first kappa shape index (κ1) is 24.6. The van der Waals surface area contributed by atoms with Crippen LogP contribution in [0.5, 0.6) is 0 Å². The second kappa shape index (κ2) is 9.41. The van der Waals surface area contributed by atoms with Gasteiger partial charge in [0.1, 0.15) is 10.0 Å². The van der Waals surface area contributed by atoms with E-state index in [0.717, 1.165) is 37.8 Å². The third kappa shape index (κ3) is 4.67. The average molecular weight is 530 g/mol. The number of thiazole rings is 1. The van der Waals surface area contributed by atoms with Gasteiger partial charge in [-0.3, -0.25) is 9.35 Å². The van der Waals surface area contributed by atoms with Crippen molar-refractivity contribution in [1.29, 1.82) is 0 Å². The van der Waals surface area contributed by atoms with Crippen molar-refractivity contribution >= 4 is 32.4 Å². The van der Waals surface area contributed by atoms with Crippen LogP contribution >= 0.6 is 23.1 Å². The Hall–Kier alpha value is -3.10.